The summed E-state index contributed by atoms with van der Waals surface area (Å²) in [6, 6.07) is 7.95. The minimum absolute atomic E-state index is 0.171. The first kappa shape index (κ1) is 13.7. The molecule has 0 aliphatic heterocycles. The predicted molar refractivity (Wildman–Crippen MR) is 70.7 cm³/mol. The van der Waals surface area contributed by atoms with Crippen molar-refractivity contribution < 1.29 is 10.2 Å². The van der Waals surface area contributed by atoms with Crippen LogP contribution in [0.25, 0.3) is 5.57 Å². The molecular formula is C15H20O2. The fourth-order valence-corrected chi connectivity index (χ4v) is 1.74. The first-order chi connectivity index (χ1) is 8.19. The average molecular weight is 232 g/mol. The second-order valence-corrected chi connectivity index (χ2v) is 4.19. The molecule has 0 radical (unpaired) electrons. The van der Waals surface area contributed by atoms with E-state index < -0.39 is 6.10 Å². The van der Waals surface area contributed by atoms with Gasteiger partial charge in [-0.2, -0.15) is 0 Å². The van der Waals surface area contributed by atoms with E-state index in [0.29, 0.717) is 6.42 Å². The zero-order valence-electron chi connectivity index (χ0n) is 10.3. The number of hydrogen-bond donors (Lipinski definition) is 2. The van der Waals surface area contributed by atoms with E-state index in [1.165, 1.54) is 5.56 Å². The molecule has 92 valence electrons. The van der Waals surface area contributed by atoms with E-state index in [9.17, 15) is 5.11 Å². The second-order valence-electron chi connectivity index (χ2n) is 4.19. The Labute approximate surface area is 103 Å². The van der Waals surface area contributed by atoms with E-state index in [-0.39, 0.29) is 6.61 Å². The molecule has 2 nitrogen and oxygen atoms in total. The van der Waals surface area contributed by atoms with Crippen LogP contribution in [0.4, 0.5) is 0 Å². The lowest BCUT2D eigenvalue weighted by Gasteiger charge is -2.13. The highest BCUT2D eigenvalue weighted by Crippen LogP contribution is 2.21. The second kappa shape index (κ2) is 7.08. The third-order valence-corrected chi connectivity index (χ3v) is 2.77. The summed E-state index contributed by atoms with van der Waals surface area (Å²) >= 11 is 0. The van der Waals surface area contributed by atoms with E-state index in [0.717, 1.165) is 24.0 Å². The lowest BCUT2D eigenvalue weighted by Crippen LogP contribution is -2.09. The molecule has 0 saturated heterocycles. The summed E-state index contributed by atoms with van der Waals surface area (Å²) in [6.07, 6.45) is 1.60. The monoisotopic (exact) mass is 232 g/mol. The summed E-state index contributed by atoms with van der Waals surface area (Å²) in [7, 11) is 0. The van der Waals surface area contributed by atoms with Crippen molar-refractivity contribution in [2.24, 2.45) is 0 Å². The molecule has 1 rings (SSSR count). The largest absolute Gasteiger partial charge is 0.396 e. The van der Waals surface area contributed by atoms with Crippen LogP contribution in [0.3, 0.4) is 0 Å². The summed E-state index contributed by atoms with van der Waals surface area (Å²) in [4.78, 5) is 0. The molecule has 2 N–H and O–H groups in total. The molecule has 0 amide bonds. The van der Waals surface area contributed by atoms with Crippen molar-refractivity contribution in [1.29, 1.82) is 0 Å². The van der Waals surface area contributed by atoms with Crippen molar-refractivity contribution >= 4 is 5.57 Å². The van der Waals surface area contributed by atoms with Gasteiger partial charge in [-0.15, -0.1) is 5.73 Å². The number of aryl methyl sites for hydroxylation is 1. The Kier molecular flexibility index (Phi) is 5.71. The molecule has 1 atom stereocenters. The molecular weight excluding hydrogens is 212 g/mol. The van der Waals surface area contributed by atoms with E-state index >= 15 is 0 Å². The molecule has 1 unspecified atom stereocenters. The highest BCUT2D eigenvalue weighted by atomic mass is 16.3. The molecule has 0 aromatic heterocycles. The number of hydrogen-bond acceptors (Lipinski definition) is 2. The lowest BCUT2D eigenvalue weighted by molar-refractivity contribution is 0.209. The Morgan fingerprint density at radius 3 is 2.47 bits per heavy atom. The van der Waals surface area contributed by atoms with Crippen LogP contribution < -0.4 is 0 Å². The first-order valence-corrected chi connectivity index (χ1v) is 5.95. The quantitative estimate of drug-likeness (QED) is 0.585. The number of aliphatic hydroxyl groups is 2. The predicted octanol–water partition coefficient (Wildman–Crippen LogP) is 2.69. The van der Waals surface area contributed by atoms with E-state index in [1.807, 2.05) is 31.2 Å². The van der Waals surface area contributed by atoms with E-state index in [4.69, 9.17) is 5.11 Å². The first-order valence-electron chi connectivity index (χ1n) is 5.95. The summed E-state index contributed by atoms with van der Waals surface area (Å²) in [5, 5.41) is 18.7. The summed E-state index contributed by atoms with van der Waals surface area (Å²) in [5.74, 6) is 0. The zero-order valence-corrected chi connectivity index (χ0v) is 10.3. The molecule has 0 fully saturated rings. The van der Waals surface area contributed by atoms with E-state index in [2.05, 4.69) is 12.3 Å². The van der Waals surface area contributed by atoms with Crippen molar-refractivity contribution in [1.82, 2.24) is 0 Å². The smallest absolute Gasteiger partial charge is 0.0867 e. The summed E-state index contributed by atoms with van der Waals surface area (Å²) in [5.41, 5.74) is 5.70. The van der Waals surface area contributed by atoms with Crippen LogP contribution in [0.5, 0.6) is 0 Å². The maximum absolute atomic E-state index is 10.0. The van der Waals surface area contributed by atoms with Gasteiger partial charge in [0, 0.05) is 12.2 Å². The fourth-order valence-electron chi connectivity index (χ4n) is 1.74. The lowest BCUT2D eigenvalue weighted by atomic mass is 9.97. The fraction of sp³-hybridized carbons (Fsp3) is 0.400. The van der Waals surface area contributed by atoms with Crippen LogP contribution in [-0.2, 0) is 0 Å². The number of rotatable bonds is 6. The van der Waals surface area contributed by atoms with Gasteiger partial charge < -0.3 is 10.2 Å². The third kappa shape index (κ3) is 4.20. The van der Waals surface area contributed by atoms with Crippen LogP contribution in [0, 0.1) is 6.92 Å². The Morgan fingerprint density at radius 2 is 1.94 bits per heavy atom. The van der Waals surface area contributed by atoms with Gasteiger partial charge in [-0.3, -0.25) is 0 Å². The van der Waals surface area contributed by atoms with Gasteiger partial charge in [-0.1, -0.05) is 36.4 Å². The molecule has 0 saturated carbocycles. The van der Waals surface area contributed by atoms with Crippen LogP contribution in [0.15, 0.2) is 36.6 Å². The van der Waals surface area contributed by atoms with Gasteiger partial charge in [0.2, 0.25) is 0 Å². The van der Waals surface area contributed by atoms with Crippen LogP contribution in [0.2, 0.25) is 0 Å². The maximum atomic E-state index is 10.0. The molecule has 0 aliphatic rings. The summed E-state index contributed by atoms with van der Waals surface area (Å²) < 4.78 is 0. The van der Waals surface area contributed by atoms with Gasteiger partial charge in [0.25, 0.3) is 0 Å². The van der Waals surface area contributed by atoms with Crippen LogP contribution in [-0.4, -0.2) is 22.9 Å². The topological polar surface area (TPSA) is 40.5 Å². The minimum Gasteiger partial charge on any atom is -0.396 e. The van der Waals surface area contributed by atoms with Gasteiger partial charge in [0.15, 0.2) is 0 Å². The molecule has 0 bridgehead atoms. The average Bonchev–Trinajstić information content (AvgIpc) is 2.33. The maximum Gasteiger partial charge on any atom is 0.0867 e. The molecule has 2 heteroatoms. The Hall–Kier alpha value is -1.34. The minimum atomic E-state index is -0.554. The molecule has 0 aliphatic carbocycles. The molecule has 17 heavy (non-hydrogen) atoms. The van der Waals surface area contributed by atoms with Crippen molar-refractivity contribution in [2.45, 2.75) is 32.3 Å². The van der Waals surface area contributed by atoms with Crippen molar-refractivity contribution in [2.75, 3.05) is 6.61 Å². The van der Waals surface area contributed by atoms with Gasteiger partial charge in [-0.05, 0) is 31.7 Å². The number of benzene rings is 1. The number of unbranched alkanes of at least 4 members (excludes halogenated alkanes) is 1. The van der Waals surface area contributed by atoms with Gasteiger partial charge in [0.1, 0.15) is 0 Å². The highest BCUT2D eigenvalue weighted by molar-refractivity contribution is 5.67. The zero-order chi connectivity index (χ0) is 12.7. The normalized spacial score (nSPS) is 11.9. The van der Waals surface area contributed by atoms with Crippen LogP contribution in [0.1, 0.15) is 30.4 Å². The highest BCUT2D eigenvalue weighted by Gasteiger charge is 2.11. The SMILES string of the molecule is C=C=C(c1ccc(C)cc1)C(O)CCCCO. The molecule has 0 spiro atoms. The molecule has 0 heterocycles. The third-order valence-electron chi connectivity index (χ3n) is 2.77. The Bertz CT molecular complexity index is 386. The van der Waals surface area contributed by atoms with E-state index in [1.54, 1.807) is 0 Å². The molecule has 1 aromatic rings. The van der Waals surface area contributed by atoms with Crippen molar-refractivity contribution in [3.05, 3.63) is 47.7 Å². The summed E-state index contributed by atoms with van der Waals surface area (Å²) in [6.45, 7) is 5.84. The van der Waals surface area contributed by atoms with Gasteiger partial charge in [-0.25, -0.2) is 0 Å². The van der Waals surface area contributed by atoms with Crippen molar-refractivity contribution in [3.63, 3.8) is 0 Å². The van der Waals surface area contributed by atoms with Crippen LogP contribution >= 0.6 is 0 Å². The molecule has 1 aromatic carbocycles. The van der Waals surface area contributed by atoms with Gasteiger partial charge >= 0.3 is 0 Å². The Balaban J connectivity index is 2.71. The standard InChI is InChI=1S/C15H20O2/c1-3-14(15(17)6-4-5-11-16)13-9-7-12(2)8-10-13/h7-10,15-17H,1,4-6,11H2,2H3. The van der Waals surface area contributed by atoms with Gasteiger partial charge in [0.05, 0.1) is 6.10 Å². The Morgan fingerprint density at radius 1 is 1.29 bits per heavy atom. The number of aliphatic hydroxyl groups excluding tert-OH is 2. The van der Waals surface area contributed by atoms with Crippen molar-refractivity contribution in [3.8, 4) is 0 Å².